The number of benzene rings is 1. The van der Waals surface area contributed by atoms with Gasteiger partial charge in [0.15, 0.2) is 0 Å². The number of nitriles is 1. The number of piperazine rings is 1. The molecule has 4 heteroatoms. The van der Waals surface area contributed by atoms with Crippen molar-refractivity contribution >= 4 is 11.6 Å². The molecule has 1 aliphatic heterocycles. The summed E-state index contributed by atoms with van der Waals surface area (Å²) in [5.74, 6) is 0. The second-order valence-electron chi connectivity index (χ2n) is 4.42. The van der Waals surface area contributed by atoms with E-state index in [2.05, 4.69) is 22.9 Å². The molecule has 0 aromatic heterocycles. The maximum absolute atomic E-state index is 9.33. The van der Waals surface area contributed by atoms with Gasteiger partial charge in [-0.25, -0.2) is 0 Å². The van der Waals surface area contributed by atoms with E-state index in [1.54, 1.807) is 0 Å². The predicted octanol–water partition coefficient (Wildman–Crippen LogP) is 2.15. The fraction of sp³-hybridized carbons (Fsp3) is 0.462. The van der Waals surface area contributed by atoms with Crippen molar-refractivity contribution in [3.63, 3.8) is 0 Å². The lowest BCUT2D eigenvalue weighted by Crippen LogP contribution is -2.45. The lowest BCUT2D eigenvalue weighted by Gasteiger charge is -2.35. The van der Waals surface area contributed by atoms with Crippen LogP contribution >= 0.6 is 11.6 Å². The third kappa shape index (κ3) is 2.98. The Bertz CT molecular complexity index is 402. The van der Waals surface area contributed by atoms with E-state index in [9.17, 15) is 5.26 Å². The fourth-order valence-electron chi connectivity index (χ4n) is 2.09. The van der Waals surface area contributed by atoms with Crippen molar-refractivity contribution in [1.29, 1.82) is 5.26 Å². The molecular weight excluding hydrogens is 234 g/mol. The average molecular weight is 250 g/mol. The third-order valence-corrected chi connectivity index (χ3v) is 3.46. The number of likely N-dealkylation sites (N-methyl/N-ethyl adjacent to an activating group) is 1. The zero-order chi connectivity index (χ0) is 12.3. The van der Waals surface area contributed by atoms with Gasteiger partial charge < -0.3 is 4.90 Å². The molecule has 0 saturated carbocycles. The van der Waals surface area contributed by atoms with Gasteiger partial charge in [-0.1, -0.05) is 23.7 Å². The van der Waals surface area contributed by atoms with Crippen molar-refractivity contribution in [3.05, 3.63) is 34.9 Å². The van der Waals surface area contributed by atoms with Crippen LogP contribution in [0.2, 0.25) is 5.02 Å². The molecule has 90 valence electrons. The first kappa shape index (κ1) is 12.4. The smallest absolute Gasteiger partial charge is 0.123 e. The number of nitrogens with zero attached hydrogens (tertiary/aromatic N) is 3. The van der Waals surface area contributed by atoms with Crippen LogP contribution in [0.25, 0.3) is 0 Å². The van der Waals surface area contributed by atoms with Gasteiger partial charge in [-0.05, 0) is 24.7 Å². The fourth-order valence-corrected chi connectivity index (χ4v) is 2.22. The van der Waals surface area contributed by atoms with Gasteiger partial charge in [-0.15, -0.1) is 0 Å². The van der Waals surface area contributed by atoms with E-state index in [0.717, 1.165) is 31.7 Å². The molecule has 0 radical (unpaired) electrons. The Balaban J connectivity index is 2.11. The van der Waals surface area contributed by atoms with Gasteiger partial charge in [0.25, 0.3) is 0 Å². The minimum Gasteiger partial charge on any atom is -0.304 e. The Morgan fingerprint density at radius 2 is 1.76 bits per heavy atom. The molecule has 1 atom stereocenters. The van der Waals surface area contributed by atoms with Crippen molar-refractivity contribution in [2.45, 2.75) is 6.04 Å². The molecule has 17 heavy (non-hydrogen) atoms. The molecule has 1 heterocycles. The average Bonchev–Trinajstić information content (AvgIpc) is 2.35. The summed E-state index contributed by atoms with van der Waals surface area (Å²) < 4.78 is 0. The topological polar surface area (TPSA) is 30.3 Å². The highest BCUT2D eigenvalue weighted by Crippen LogP contribution is 2.22. The summed E-state index contributed by atoms with van der Waals surface area (Å²) in [6.07, 6.45) is 0. The third-order valence-electron chi connectivity index (χ3n) is 3.21. The maximum Gasteiger partial charge on any atom is 0.123 e. The molecule has 1 saturated heterocycles. The zero-order valence-corrected chi connectivity index (χ0v) is 10.7. The van der Waals surface area contributed by atoms with Crippen molar-refractivity contribution in [3.8, 4) is 6.07 Å². The van der Waals surface area contributed by atoms with Crippen molar-refractivity contribution < 1.29 is 0 Å². The van der Waals surface area contributed by atoms with Gasteiger partial charge in [0.1, 0.15) is 6.04 Å². The predicted molar refractivity (Wildman–Crippen MR) is 68.9 cm³/mol. The van der Waals surface area contributed by atoms with Crippen molar-refractivity contribution in [2.24, 2.45) is 0 Å². The summed E-state index contributed by atoms with van der Waals surface area (Å²) >= 11 is 5.86. The standard InChI is InChI=1S/C13H16ClN3/c1-16-6-8-17(9-7-16)13(10-15)11-2-4-12(14)5-3-11/h2-5,13H,6-9H2,1H3/t13-/m0/s1. The second kappa shape index (κ2) is 5.50. The van der Waals surface area contributed by atoms with Gasteiger partial charge in [0.2, 0.25) is 0 Å². The lowest BCUT2D eigenvalue weighted by molar-refractivity contribution is 0.133. The van der Waals surface area contributed by atoms with E-state index in [1.807, 2.05) is 24.3 Å². The SMILES string of the molecule is CN1CCN([C@@H](C#N)c2ccc(Cl)cc2)CC1. The molecule has 0 unspecified atom stereocenters. The Labute approximate surface area is 107 Å². The van der Waals surface area contributed by atoms with Crippen LogP contribution in [0.4, 0.5) is 0 Å². The largest absolute Gasteiger partial charge is 0.304 e. The summed E-state index contributed by atoms with van der Waals surface area (Å²) in [5.41, 5.74) is 1.03. The molecule has 0 amide bonds. The van der Waals surface area contributed by atoms with Crippen LogP contribution in [0.15, 0.2) is 24.3 Å². The van der Waals surface area contributed by atoms with E-state index in [0.29, 0.717) is 5.02 Å². The zero-order valence-electron chi connectivity index (χ0n) is 9.93. The Morgan fingerprint density at radius 3 is 2.29 bits per heavy atom. The summed E-state index contributed by atoms with van der Waals surface area (Å²) in [4.78, 5) is 4.51. The van der Waals surface area contributed by atoms with Crippen LogP contribution in [0.1, 0.15) is 11.6 Å². The Hall–Kier alpha value is -1.08. The monoisotopic (exact) mass is 249 g/mol. The van der Waals surface area contributed by atoms with Gasteiger partial charge >= 0.3 is 0 Å². The van der Waals surface area contributed by atoms with E-state index >= 15 is 0 Å². The van der Waals surface area contributed by atoms with Crippen LogP contribution in [-0.2, 0) is 0 Å². The minimum atomic E-state index is -0.152. The quantitative estimate of drug-likeness (QED) is 0.805. The van der Waals surface area contributed by atoms with E-state index in [-0.39, 0.29) is 6.04 Å². The van der Waals surface area contributed by atoms with Crippen LogP contribution in [0.5, 0.6) is 0 Å². The number of halogens is 1. The van der Waals surface area contributed by atoms with Crippen LogP contribution in [-0.4, -0.2) is 43.0 Å². The van der Waals surface area contributed by atoms with Crippen molar-refractivity contribution in [2.75, 3.05) is 33.2 Å². The highest BCUT2D eigenvalue weighted by atomic mass is 35.5. The summed E-state index contributed by atoms with van der Waals surface area (Å²) in [5, 5.41) is 10.0. The highest BCUT2D eigenvalue weighted by Gasteiger charge is 2.23. The van der Waals surface area contributed by atoms with Gasteiger partial charge in [0.05, 0.1) is 6.07 Å². The molecule has 2 rings (SSSR count). The number of hydrogen-bond acceptors (Lipinski definition) is 3. The summed E-state index contributed by atoms with van der Waals surface area (Å²) in [6.45, 7) is 3.92. The molecule has 0 bridgehead atoms. The molecule has 1 aliphatic rings. The normalized spacial score (nSPS) is 19.8. The second-order valence-corrected chi connectivity index (χ2v) is 4.86. The number of rotatable bonds is 2. The molecular formula is C13H16ClN3. The first-order valence-corrected chi connectivity index (χ1v) is 6.16. The molecule has 0 aliphatic carbocycles. The van der Waals surface area contributed by atoms with Crippen LogP contribution in [0.3, 0.4) is 0 Å². The Morgan fingerprint density at radius 1 is 1.18 bits per heavy atom. The lowest BCUT2D eigenvalue weighted by atomic mass is 10.1. The molecule has 1 aromatic carbocycles. The molecule has 1 fully saturated rings. The van der Waals surface area contributed by atoms with Gasteiger partial charge in [-0.3, -0.25) is 4.90 Å². The van der Waals surface area contributed by atoms with Crippen LogP contribution in [0, 0.1) is 11.3 Å². The van der Waals surface area contributed by atoms with E-state index < -0.39 is 0 Å². The van der Waals surface area contributed by atoms with Gasteiger partial charge in [0, 0.05) is 31.2 Å². The Kier molecular flexibility index (Phi) is 4.01. The maximum atomic E-state index is 9.33. The van der Waals surface area contributed by atoms with E-state index in [1.165, 1.54) is 0 Å². The minimum absolute atomic E-state index is 0.152. The van der Waals surface area contributed by atoms with Gasteiger partial charge in [-0.2, -0.15) is 5.26 Å². The molecule has 1 aromatic rings. The first-order valence-electron chi connectivity index (χ1n) is 5.78. The summed E-state index contributed by atoms with van der Waals surface area (Å²) in [7, 11) is 2.11. The molecule has 0 N–H and O–H groups in total. The van der Waals surface area contributed by atoms with Crippen LogP contribution < -0.4 is 0 Å². The number of hydrogen-bond donors (Lipinski definition) is 0. The van der Waals surface area contributed by atoms with Crippen molar-refractivity contribution in [1.82, 2.24) is 9.80 Å². The summed E-state index contributed by atoms with van der Waals surface area (Å²) in [6, 6.07) is 9.80. The molecule has 0 spiro atoms. The first-order chi connectivity index (χ1) is 8.20. The highest BCUT2D eigenvalue weighted by molar-refractivity contribution is 6.30. The van der Waals surface area contributed by atoms with E-state index in [4.69, 9.17) is 11.6 Å². The molecule has 3 nitrogen and oxygen atoms in total.